The minimum absolute atomic E-state index is 0.168. The number of para-hydroxylation sites is 1. The summed E-state index contributed by atoms with van der Waals surface area (Å²) in [6, 6.07) is 63.1. The van der Waals surface area contributed by atoms with E-state index < -0.39 is 5.41 Å². The van der Waals surface area contributed by atoms with Crippen LogP contribution in [0.3, 0.4) is 0 Å². The van der Waals surface area contributed by atoms with E-state index in [1.807, 2.05) is 6.07 Å². The minimum Gasteiger partial charge on any atom is -0.457 e. The lowest BCUT2D eigenvalue weighted by molar-refractivity contribution is 0.418. The smallest absolute Gasteiger partial charge is 0.131 e. The van der Waals surface area contributed by atoms with E-state index in [0.717, 1.165) is 11.5 Å². The van der Waals surface area contributed by atoms with Crippen molar-refractivity contribution in [2.45, 2.75) is 24.7 Å². The molecule has 2 aliphatic carbocycles. The summed E-state index contributed by atoms with van der Waals surface area (Å²) in [6.45, 7) is 4.60. The van der Waals surface area contributed by atoms with E-state index in [4.69, 9.17) is 4.74 Å². The number of fused-ring (bicyclic) bond motifs is 11. The van der Waals surface area contributed by atoms with Crippen LogP contribution in [-0.4, -0.2) is 0 Å². The standard InChI is InChI=1S/C50H34O/c1-49(2)42-21-7-8-23-46(42)51-47-27-25-35(30-45(47)49)33-15-9-14-32(28-33)34-24-26-38-36-16-3-5-19-40(36)50(44(38)29-34)41-20-6-4-17-37(41)39-18-10-12-31-13-11-22-43(50)48(31)39/h3-30H,1-2H3. The van der Waals surface area contributed by atoms with Crippen molar-refractivity contribution in [2.24, 2.45) is 0 Å². The van der Waals surface area contributed by atoms with Gasteiger partial charge in [0, 0.05) is 16.5 Å². The summed E-state index contributed by atoms with van der Waals surface area (Å²) in [4.78, 5) is 0. The van der Waals surface area contributed by atoms with Crippen LogP contribution in [0.4, 0.5) is 0 Å². The van der Waals surface area contributed by atoms with Gasteiger partial charge in [0.2, 0.25) is 0 Å². The van der Waals surface area contributed by atoms with Crippen molar-refractivity contribution >= 4 is 10.8 Å². The molecule has 8 aromatic rings. The first-order valence-corrected chi connectivity index (χ1v) is 17.9. The third kappa shape index (κ3) is 3.76. The van der Waals surface area contributed by atoms with Crippen LogP contribution in [0, 0.1) is 0 Å². The van der Waals surface area contributed by atoms with E-state index in [2.05, 4.69) is 178 Å². The molecule has 51 heavy (non-hydrogen) atoms. The van der Waals surface area contributed by atoms with Crippen LogP contribution >= 0.6 is 0 Å². The predicted molar refractivity (Wildman–Crippen MR) is 210 cm³/mol. The second kappa shape index (κ2) is 10.2. The van der Waals surface area contributed by atoms with Crippen molar-refractivity contribution in [3.8, 4) is 56.0 Å². The van der Waals surface area contributed by atoms with E-state index in [-0.39, 0.29) is 5.41 Å². The Kier molecular flexibility index (Phi) is 5.72. The Hall–Kier alpha value is -6.18. The second-order valence-electron chi connectivity index (χ2n) is 14.8. The fourth-order valence-corrected chi connectivity index (χ4v) is 9.61. The highest BCUT2D eigenvalue weighted by molar-refractivity contribution is 6.07. The Labute approximate surface area is 298 Å². The molecular formula is C50H34O. The van der Waals surface area contributed by atoms with Gasteiger partial charge in [0.05, 0.1) is 5.41 Å². The molecule has 1 nitrogen and oxygen atoms in total. The van der Waals surface area contributed by atoms with E-state index in [0.29, 0.717) is 0 Å². The molecule has 1 spiro atoms. The largest absolute Gasteiger partial charge is 0.457 e. The van der Waals surface area contributed by atoms with Gasteiger partial charge in [-0.25, -0.2) is 0 Å². The molecule has 0 aromatic heterocycles. The van der Waals surface area contributed by atoms with Gasteiger partial charge in [-0.05, 0) is 108 Å². The lowest BCUT2D eigenvalue weighted by atomic mass is 9.61. The van der Waals surface area contributed by atoms with Crippen molar-refractivity contribution in [1.82, 2.24) is 0 Å². The zero-order valence-corrected chi connectivity index (χ0v) is 28.6. The predicted octanol–water partition coefficient (Wildman–Crippen LogP) is 12.9. The molecule has 0 bridgehead atoms. The van der Waals surface area contributed by atoms with Gasteiger partial charge >= 0.3 is 0 Å². The number of hydrogen-bond acceptors (Lipinski definition) is 1. The molecule has 1 heterocycles. The van der Waals surface area contributed by atoms with Gasteiger partial charge in [0.25, 0.3) is 0 Å². The van der Waals surface area contributed by atoms with Crippen molar-refractivity contribution in [1.29, 1.82) is 0 Å². The maximum absolute atomic E-state index is 6.39. The summed E-state index contributed by atoms with van der Waals surface area (Å²) < 4.78 is 6.39. The van der Waals surface area contributed by atoms with Gasteiger partial charge in [-0.2, -0.15) is 0 Å². The molecule has 0 saturated heterocycles. The fourth-order valence-electron chi connectivity index (χ4n) is 9.61. The van der Waals surface area contributed by atoms with Crippen LogP contribution in [-0.2, 0) is 10.8 Å². The van der Waals surface area contributed by atoms with Gasteiger partial charge < -0.3 is 4.74 Å². The zero-order chi connectivity index (χ0) is 33.9. The summed E-state index contributed by atoms with van der Waals surface area (Å²) >= 11 is 0. The average Bonchev–Trinajstić information content (AvgIpc) is 3.47. The van der Waals surface area contributed by atoms with E-state index >= 15 is 0 Å². The molecule has 0 radical (unpaired) electrons. The van der Waals surface area contributed by atoms with Crippen molar-refractivity contribution in [3.63, 3.8) is 0 Å². The minimum atomic E-state index is -0.426. The Balaban J connectivity index is 1.10. The molecule has 8 aromatic carbocycles. The van der Waals surface area contributed by atoms with Crippen LogP contribution < -0.4 is 4.74 Å². The van der Waals surface area contributed by atoms with Crippen LogP contribution in [0.15, 0.2) is 170 Å². The zero-order valence-electron chi connectivity index (χ0n) is 28.6. The van der Waals surface area contributed by atoms with Crippen LogP contribution in [0.2, 0.25) is 0 Å². The second-order valence-corrected chi connectivity index (χ2v) is 14.8. The Morgan fingerprint density at radius 2 is 0.863 bits per heavy atom. The molecule has 1 unspecified atom stereocenters. The highest BCUT2D eigenvalue weighted by Crippen LogP contribution is 2.62. The number of rotatable bonds is 2. The lowest BCUT2D eigenvalue weighted by Crippen LogP contribution is -2.31. The molecule has 240 valence electrons. The van der Waals surface area contributed by atoms with Gasteiger partial charge in [-0.15, -0.1) is 0 Å². The Morgan fingerprint density at radius 3 is 1.63 bits per heavy atom. The molecule has 0 saturated carbocycles. The molecule has 0 amide bonds. The van der Waals surface area contributed by atoms with Crippen LogP contribution in [0.25, 0.3) is 55.3 Å². The topological polar surface area (TPSA) is 9.23 Å². The molecule has 1 aliphatic heterocycles. The molecule has 1 atom stereocenters. The number of benzene rings is 8. The van der Waals surface area contributed by atoms with Gasteiger partial charge in [-0.1, -0.05) is 153 Å². The van der Waals surface area contributed by atoms with E-state index in [1.54, 1.807) is 0 Å². The summed E-state index contributed by atoms with van der Waals surface area (Å²) in [5, 5.41) is 2.64. The average molecular weight is 651 g/mol. The molecule has 3 aliphatic rings. The normalized spacial score (nSPS) is 16.8. The van der Waals surface area contributed by atoms with Crippen LogP contribution in [0.5, 0.6) is 11.5 Å². The summed E-state index contributed by atoms with van der Waals surface area (Å²) in [5.41, 5.74) is 17.4. The van der Waals surface area contributed by atoms with Crippen molar-refractivity contribution in [2.75, 3.05) is 0 Å². The maximum atomic E-state index is 6.39. The van der Waals surface area contributed by atoms with E-state index in [1.165, 1.54) is 88.7 Å². The first kappa shape index (κ1) is 28.6. The summed E-state index contributed by atoms with van der Waals surface area (Å²) in [5.74, 6) is 1.88. The molecule has 0 N–H and O–H groups in total. The highest BCUT2D eigenvalue weighted by atomic mass is 16.5. The molecule has 0 fully saturated rings. The highest BCUT2D eigenvalue weighted by Gasteiger charge is 2.50. The molecule has 11 rings (SSSR count). The first-order chi connectivity index (χ1) is 25.0. The van der Waals surface area contributed by atoms with Crippen LogP contribution in [0.1, 0.15) is 47.2 Å². The maximum Gasteiger partial charge on any atom is 0.131 e. The summed E-state index contributed by atoms with van der Waals surface area (Å²) in [7, 11) is 0. The quantitative estimate of drug-likeness (QED) is 0.181. The van der Waals surface area contributed by atoms with Gasteiger partial charge in [-0.3, -0.25) is 0 Å². The third-order valence-corrected chi connectivity index (χ3v) is 11.9. The molecule has 1 heteroatoms. The Bertz CT molecular complexity index is 2760. The monoisotopic (exact) mass is 650 g/mol. The first-order valence-electron chi connectivity index (χ1n) is 17.9. The van der Waals surface area contributed by atoms with Crippen molar-refractivity contribution in [3.05, 3.63) is 203 Å². The van der Waals surface area contributed by atoms with Gasteiger partial charge in [0.15, 0.2) is 0 Å². The van der Waals surface area contributed by atoms with Crippen molar-refractivity contribution < 1.29 is 4.74 Å². The van der Waals surface area contributed by atoms with Gasteiger partial charge in [0.1, 0.15) is 11.5 Å². The van der Waals surface area contributed by atoms with E-state index in [9.17, 15) is 0 Å². The fraction of sp³-hybridized carbons (Fsp3) is 0.0800. The summed E-state index contributed by atoms with van der Waals surface area (Å²) in [6.07, 6.45) is 0. The number of ether oxygens (including phenoxy) is 1. The Morgan fingerprint density at radius 1 is 0.353 bits per heavy atom. The SMILES string of the molecule is CC1(C)c2ccccc2Oc2ccc(-c3cccc(-c4ccc5c(c4)C4(c6ccccc6-5)c5ccccc5-c5cccc6cccc4c56)c3)cc21. The molecular weight excluding hydrogens is 617 g/mol. The third-order valence-electron chi connectivity index (χ3n) is 11.9. The lowest BCUT2D eigenvalue weighted by Gasteiger charge is -2.40. The number of hydrogen-bond donors (Lipinski definition) is 0.